The number of nitrogens with zero attached hydrogens (tertiary/aromatic N) is 1. The SMILES string of the molecule is CCCC[C@H](CC)CNC(=O)CN(c1cc(OC)ccc1OC)S(=O)(=O)c1ccc(C)cc1. The Hall–Kier alpha value is -2.74. The second-order valence-electron chi connectivity index (χ2n) is 8.08. The van der Waals surface area contributed by atoms with Crippen LogP contribution in [0.2, 0.25) is 0 Å². The molecule has 2 aromatic carbocycles. The van der Waals surface area contributed by atoms with E-state index >= 15 is 0 Å². The molecule has 0 aliphatic rings. The molecule has 7 nitrogen and oxygen atoms in total. The fourth-order valence-electron chi connectivity index (χ4n) is 3.52. The average molecular weight is 477 g/mol. The number of methoxy groups -OCH3 is 2. The first kappa shape index (κ1) is 26.5. The molecule has 0 aliphatic heterocycles. The van der Waals surface area contributed by atoms with Crippen molar-refractivity contribution >= 4 is 21.6 Å². The predicted octanol–water partition coefficient (Wildman–Crippen LogP) is 4.54. The Balaban J connectivity index is 2.40. The van der Waals surface area contributed by atoms with E-state index in [0.717, 1.165) is 35.6 Å². The lowest BCUT2D eigenvalue weighted by molar-refractivity contribution is -0.119. The minimum absolute atomic E-state index is 0.0974. The second-order valence-corrected chi connectivity index (χ2v) is 9.95. The molecule has 0 saturated carbocycles. The molecule has 0 saturated heterocycles. The fourth-order valence-corrected chi connectivity index (χ4v) is 4.94. The van der Waals surface area contributed by atoms with Crippen molar-refractivity contribution in [3.8, 4) is 11.5 Å². The van der Waals surface area contributed by atoms with Crippen molar-refractivity contribution in [1.82, 2.24) is 5.32 Å². The molecule has 2 rings (SSSR count). The maximum Gasteiger partial charge on any atom is 0.264 e. The van der Waals surface area contributed by atoms with Crippen molar-refractivity contribution in [2.75, 3.05) is 31.6 Å². The van der Waals surface area contributed by atoms with Crippen molar-refractivity contribution in [3.05, 3.63) is 48.0 Å². The summed E-state index contributed by atoms with van der Waals surface area (Å²) < 4.78 is 39.1. The van der Waals surface area contributed by atoms with Gasteiger partial charge in [0.25, 0.3) is 10.0 Å². The van der Waals surface area contributed by atoms with Crippen molar-refractivity contribution < 1.29 is 22.7 Å². The number of hydrogen-bond donors (Lipinski definition) is 1. The van der Waals surface area contributed by atoms with E-state index in [1.165, 1.54) is 14.2 Å². The van der Waals surface area contributed by atoms with Crippen LogP contribution < -0.4 is 19.1 Å². The summed E-state index contributed by atoms with van der Waals surface area (Å²) in [6.45, 7) is 6.27. The Labute approximate surface area is 198 Å². The zero-order valence-electron chi connectivity index (χ0n) is 20.3. The molecule has 0 aliphatic carbocycles. The number of benzene rings is 2. The van der Waals surface area contributed by atoms with Gasteiger partial charge < -0.3 is 14.8 Å². The van der Waals surface area contributed by atoms with Crippen LogP contribution in [0.5, 0.6) is 11.5 Å². The van der Waals surface area contributed by atoms with Gasteiger partial charge in [0.15, 0.2) is 0 Å². The maximum absolute atomic E-state index is 13.6. The summed E-state index contributed by atoms with van der Waals surface area (Å²) in [4.78, 5) is 13.0. The fraction of sp³-hybridized carbons (Fsp3) is 0.480. The first-order chi connectivity index (χ1) is 15.8. The highest BCUT2D eigenvalue weighted by atomic mass is 32.2. The van der Waals surface area contributed by atoms with Crippen molar-refractivity contribution in [2.45, 2.75) is 51.3 Å². The highest BCUT2D eigenvalue weighted by molar-refractivity contribution is 7.92. The van der Waals surface area contributed by atoms with Gasteiger partial charge in [0.05, 0.1) is 24.8 Å². The van der Waals surface area contributed by atoms with Crippen molar-refractivity contribution in [2.24, 2.45) is 5.92 Å². The largest absolute Gasteiger partial charge is 0.497 e. The number of sulfonamides is 1. The van der Waals surface area contributed by atoms with Gasteiger partial charge in [0.1, 0.15) is 18.0 Å². The van der Waals surface area contributed by atoms with Gasteiger partial charge in [-0.2, -0.15) is 0 Å². The number of hydrogen-bond acceptors (Lipinski definition) is 5. The van der Waals surface area contributed by atoms with Crippen molar-refractivity contribution in [3.63, 3.8) is 0 Å². The number of amides is 1. The van der Waals surface area contributed by atoms with E-state index in [2.05, 4.69) is 19.2 Å². The molecule has 0 heterocycles. The lowest BCUT2D eigenvalue weighted by Crippen LogP contribution is -2.42. The first-order valence-corrected chi connectivity index (χ1v) is 12.8. The highest BCUT2D eigenvalue weighted by Crippen LogP contribution is 2.35. The number of unbranched alkanes of at least 4 members (excludes halogenated alkanes) is 1. The standard InChI is InChI=1S/C25H36N2O5S/c1-6-8-9-20(7-2)17-26-25(28)18-27(23-16-21(31-4)12-15-24(23)32-5)33(29,30)22-13-10-19(3)11-14-22/h10-16,20H,6-9,17-18H2,1-5H3,(H,26,28)/t20-/m0/s1. The quantitative estimate of drug-likeness (QED) is 0.459. The van der Waals surface area contributed by atoms with Gasteiger partial charge in [-0.25, -0.2) is 8.42 Å². The van der Waals surface area contributed by atoms with Gasteiger partial charge in [0.2, 0.25) is 5.91 Å². The summed E-state index contributed by atoms with van der Waals surface area (Å²) in [6.07, 6.45) is 4.18. The molecule has 8 heteroatoms. The predicted molar refractivity (Wildman–Crippen MR) is 132 cm³/mol. The summed E-state index contributed by atoms with van der Waals surface area (Å²) in [7, 11) is -1.09. The van der Waals surface area contributed by atoms with Gasteiger partial charge in [-0.15, -0.1) is 0 Å². The maximum atomic E-state index is 13.6. The van der Waals surface area contributed by atoms with Gasteiger partial charge in [-0.05, 0) is 43.5 Å². The Kier molecular flexibility index (Phi) is 10.0. The number of nitrogens with one attached hydrogen (secondary N) is 1. The molecule has 0 unspecified atom stereocenters. The zero-order valence-corrected chi connectivity index (χ0v) is 21.1. The zero-order chi connectivity index (χ0) is 24.4. The van der Waals surface area contributed by atoms with Crippen LogP contribution in [0.4, 0.5) is 5.69 Å². The van der Waals surface area contributed by atoms with Crippen LogP contribution >= 0.6 is 0 Å². The monoisotopic (exact) mass is 476 g/mol. The van der Waals surface area contributed by atoms with E-state index in [1.807, 2.05) is 6.92 Å². The number of ether oxygens (including phenoxy) is 2. The van der Waals surface area contributed by atoms with E-state index in [0.29, 0.717) is 24.0 Å². The summed E-state index contributed by atoms with van der Waals surface area (Å²) in [6, 6.07) is 11.4. The number of anilines is 1. The summed E-state index contributed by atoms with van der Waals surface area (Å²) in [5, 5.41) is 2.92. The second kappa shape index (κ2) is 12.5. The van der Waals surface area contributed by atoms with Crippen molar-refractivity contribution in [1.29, 1.82) is 0 Å². The lowest BCUT2D eigenvalue weighted by atomic mass is 9.99. The van der Waals surface area contributed by atoms with Crippen LogP contribution in [0.25, 0.3) is 0 Å². The third-order valence-corrected chi connectivity index (χ3v) is 7.46. The lowest BCUT2D eigenvalue weighted by Gasteiger charge is -2.26. The van der Waals surface area contributed by atoms with Crippen LogP contribution in [-0.2, 0) is 14.8 Å². The summed E-state index contributed by atoms with van der Waals surface area (Å²) >= 11 is 0. The van der Waals surface area contributed by atoms with Crippen LogP contribution in [0.1, 0.15) is 45.1 Å². The Bertz CT molecular complexity index is 1010. The summed E-state index contributed by atoms with van der Waals surface area (Å²) in [5.41, 5.74) is 1.18. The number of aryl methyl sites for hydroxylation is 1. The number of carbonyl (C=O) groups excluding carboxylic acids is 1. The third-order valence-electron chi connectivity index (χ3n) is 5.68. The van der Waals surface area contributed by atoms with E-state index in [-0.39, 0.29) is 23.0 Å². The third kappa shape index (κ3) is 7.12. The van der Waals surface area contributed by atoms with Crippen LogP contribution in [0.3, 0.4) is 0 Å². The molecule has 182 valence electrons. The minimum Gasteiger partial charge on any atom is -0.497 e. The smallest absolute Gasteiger partial charge is 0.264 e. The Morgan fingerprint density at radius 3 is 2.33 bits per heavy atom. The molecule has 0 bridgehead atoms. The topological polar surface area (TPSA) is 84.9 Å². The normalized spacial score (nSPS) is 12.2. The Morgan fingerprint density at radius 2 is 1.76 bits per heavy atom. The van der Waals surface area contributed by atoms with Gasteiger partial charge >= 0.3 is 0 Å². The van der Waals surface area contributed by atoms with Crippen LogP contribution in [0.15, 0.2) is 47.4 Å². The minimum atomic E-state index is -4.04. The molecule has 0 aromatic heterocycles. The van der Waals surface area contributed by atoms with E-state index in [1.54, 1.807) is 42.5 Å². The number of rotatable bonds is 13. The molecule has 33 heavy (non-hydrogen) atoms. The van der Waals surface area contributed by atoms with Crippen LogP contribution in [0, 0.1) is 12.8 Å². The summed E-state index contributed by atoms with van der Waals surface area (Å²) in [5.74, 6) is 0.780. The Morgan fingerprint density at radius 1 is 1.06 bits per heavy atom. The molecule has 1 atom stereocenters. The first-order valence-electron chi connectivity index (χ1n) is 11.3. The van der Waals surface area contributed by atoms with Gasteiger partial charge in [-0.3, -0.25) is 9.10 Å². The molecular weight excluding hydrogens is 440 g/mol. The molecule has 0 spiro atoms. The molecule has 1 amide bonds. The molecule has 2 aromatic rings. The molecule has 0 fully saturated rings. The van der Waals surface area contributed by atoms with Crippen LogP contribution in [-0.4, -0.2) is 41.6 Å². The van der Waals surface area contributed by atoms with Gasteiger partial charge in [0, 0.05) is 12.6 Å². The number of carbonyl (C=O) groups is 1. The highest BCUT2D eigenvalue weighted by Gasteiger charge is 2.30. The van der Waals surface area contributed by atoms with Gasteiger partial charge in [-0.1, -0.05) is 50.8 Å². The molecular formula is C25H36N2O5S. The molecule has 1 N–H and O–H groups in total. The molecule has 0 radical (unpaired) electrons. The van der Waals surface area contributed by atoms with E-state index in [9.17, 15) is 13.2 Å². The van der Waals surface area contributed by atoms with E-state index in [4.69, 9.17) is 9.47 Å². The van der Waals surface area contributed by atoms with E-state index < -0.39 is 10.0 Å². The average Bonchev–Trinajstić information content (AvgIpc) is 2.82.